The Kier molecular flexibility index (Phi) is 16.3. The fraction of sp³-hybridized carbons (Fsp3) is 0.471. The normalized spacial score (nSPS) is 22.6. The van der Waals surface area contributed by atoms with E-state index in [4.69, 9.17) is 0 Å². The first-order valence-corrected chi connectivity index (χ1v) is 14.2. The molecule has 36 heavy (non-hydrogen) atoms. The zero-order valence-electron chi connectivity index (χ0n) is 24.0. The van der Waals surface area contributed by atoms with Crippen LogP contribution in [0.1, 0.15) is 79.2 Å². The van der Waals surface area contributed by atoms with Crippen LogP contribution in [0.15, 0.2) is 103 Å². The van der Waals surface area contributed by atoms with Crippen molar-refractivity contribution in [2.45, 2.75) is 92.3 Å². The first-order valence-electron chi connectivity index (χ1n) is 14.2. The highest BCUT2D eigenvalue weighted by molar-refractivity contribution is 5.40. The maximum atomic E-state index is 4.00. The lowest BCUT2D eigenvalue weighted by molar-refractivity contribution is 0.0981. The van der Waals surface area contributed by atoms with Gasteiger partial charge in [-0.25, -0.2) is 0 Å². The summed E-state index contributed by atoms with van der Waals surface area (Å²) >= 11 is 0. The molecule has 1 aliphatic heterocycles. The number of piperidine rings is 1. The zero-order chi connectivity index (χ0) is 26.8. The van der Waals surface area contributed by atoms with Gasteiger partial charge in [0.2, 0.25) is 0 Å². The predicted molar refractivity (Wildman–Crippen MR) is 162 cm³/mol. The molecule has 1 saturated heterocycles. The number of benzene rings is 1. The van der Waals surface area contributed by atoms with Crippen LogP contribution in [0.2, 0.25) is 0 Å². The van der Waals surface area contributed by atoms with Crippen molar-refractivity contribution in [2.24, 2.45) is 0 Å². The number of allylic oxidation sites excluding steroid dienone is 7. The summed E-state index contributed by atoms with van der Waals surface area (Å²) in [5.74, 6) is 0. The molecule has 1 aliphatic carbocycles. The molecule has 2 atom stereocenters. The smallest absolute Gasteiger partial charge is 0.0371 e. The van der Waals surface area contributed by atoms with Gasteiger partial charge < -0.3 is 4.90 Å². The molecule has 2 fully saturated rings. The van der Waals surface area contributed by atoms with Crippen LogP contribution < -0.4 is 0 Å². The Morgan fingerprint density at radius 1 is 0.972 bits per heavy atom. The molecule has 0 amide bonds. The second kappa shape index (κ2) is 18.7. The van der Waals surface area contributed by atoms with Crippen molar-refractivity contribution in [1.29, 1.82) is 0 Å². The molecule has 1 saturated carbocycles. The molecule has 1 aromatic rings. The largest absolute Gasteiger partial charge is 0.366 e. The fourth-order valence-electron chi connectivity index (χ4n) is 5.21. The van der Waals surface area contributed by atoms with Gasteiger partial charge in [0, 0.05) is 30.9 Å². The van der Waals surface area contributed by atoms with Gasteiger partial charge in [-0.3, -0.25) is 4.90 Å². The van der Waals surface area contributed by atoms with Crippen LogP contribution in [0, 0.1) is 0 Å². The predicted octanol–water partition coefficient (Wildman–Crippen LogP) is 9.26. The standard InChI is InChI=1S/C30H40N2.2C2H6/c1-5-14-27-22-30(21-26(27)8-4)32(28(15-6-2)16-7-3)24-29-19-12-13-20-31(29)23-25-17-10-9-11-18-25;2*1-2/h5-11,14-18,29-30H,1-2,12-13,19-24H2,3-4H3;2*1-2H3/b16-7-,26-8-,27-14-,28-15+;;. The van der Waals surface area contributed by atoms with Gasteiger partial charge in [-0.2, -0.15) is 0 Å². The third-order valence-corrected chi connectivity index (χ3v) is 6.77. The van der Waals surface area contributed by atoms with Crippen LogP contribution in [0.5, 0.6) is 0 Å². The van der Waals surface area contributed by atoms with E-state index in [1.807, 2.05) is 39.8 Å². The van der Waals surface area contributed by atoms with Crippen molar-refractivity contribution in [2.75, 3.05) is 13.1 Å². The maximum Gasteiger partial charge on any atom is 0.0371 e. The summed E-state index contributed by atoms with van der Waals surface area (Å²) in [6, 6.07) is 12.0. The zero-order valence-corrected chi connectivity index (χ0v) is 24.0. The number of likely N-dealkylation sites (tertiary alicyclic amines) is 1. The summed E-state index contributed by atoms with van der Waals surface area (Å²) in [4.78, 5) is 5.36. The minimum Gasteiger partial charge on any atom is -0.366 e. The van der Waals surface area contributed by atoms with Crippen LogP contribution in [0.4, 0.5) is 0 Å². The summed E-state index contributed by atoms with van der Waals surface area (Å²) in [6.07, 6.45) is 21.0. The highest BCUT2D eigenvalue weighted by Gasteiger charge is 2.32. The molecule has 2 aliphatic rings. The monoisotopic (exact) mass is 488 g/mol. The van der Waals surface area contributed by atoms with Crippen LogP contribution >= 0.6 is 0 Å². The Morgan fingerprint density at radius 2 is 1.67 bits per heavy atom. The second-order valence-corrected chi connectivity index (χ2v) is 8.89. The van der Waals surface area contributed by atoms with Crippen molar-refractivity contribution in [3.63, 3.8) is 0 Å². The highest BCUT2D eigenvalue weighted by atomic mass is 15.2. The Labute approximate surface area is 223 Å². The average molecular weight is 489 g/mol. The molecule has 0 N–H and O–H groups in total. The molecule has 0 bridgehead atoms. The molecule has 0 aromatic heterocycles. The summed E-state index contributed by atoms with van der Waals surface area (Å²) in [5.41, 5.74) is 5.58. The van der Waals surface area contributed by atoms with E-state index in [1.165, 1.54) is 48.2 Å². The van der Waals surface area contributed by atoms with E-state index in [-0.39, 0.29) is 0 Å². The van der Waals surface area contributed by atoms with Gasteiger partial charge >= 0.3 is 0 Å². The first kappa shape index (κ1) is 31.4. The number of hydrogen-bond donors (Lipinski definition) is 0. The topological polar surface area (TPSA) is 6.48 Å². The average Bonchev–Trinajstić information content (AvgIpc) is 3.34. The number of rotatable bonds is 9. The van der Waals surface area contributed by atoms with Crippen LogP contribution in [-0.4, -0.2) is 35.0 Å². The molecule has 1 heterocycles. The van der Waals surface area contributed by atoms with Gasteiger partial charge in [0.05, 0.1) is 0 Å². The SMILES string of the molecule is C=C/C=C1/CC(N(CC2CCCCN2Cc2ccccc2)C(/C=C\C)=C/C=C)C/C1=C/C.CC.CC. The van der Waals surface area contributed by atoms with Gasteiger partial charge in [0.15, 0.2) is 0 Å². The summed E-state index contributed by atoms with van der Waals surface area (Å²) in [7, 11) is 0. The van der Waals surface area contributed by atoms with Crippen molar-refractivity contribution in [3.05, 3.63) is 108 Å². The van der Waals surface area contributed by atoms with Crippen molar-refractivity contribution in [3.8, 4) is 0 Å². The van der Waals surface area contributed by atoms with E-state index in [1.54, 1.807) is 0 Å². The van der Waals surface area contributed by atoms with E-state index in [0.29, 0.717) is 12.1 Å². The fourth-order valence-corrected chi connectivity index (χ4v) is 5.21. The summed E-state index contributed by atoms with van der Waals surface area (Å²) in [6.45, 7) is 23.5. The van der Waals surface area contributed by atoms with E-state index in [9.17, 15) is 0 Å². The Balaban J connectivity index is 0.00000154. The minimum absolute atomic E-state index is 0.468. The highest BCUT2D eigenvalue weighted by Crippen LogP contribution is 2.36. The van der Waals surface area contributed by atoms with Crippen LogP contribution in [0.3, 0.4) is 0 Å². The molecule has 0 radical (unpaired) electrons. The van der Waals surface area contributed by atoms with Gasteiger partial charge in [-0.1, -0.05) is 108 Å². The molecule has 2 heteroatoms. The third kappa shape index (κ3) is 9.47. The summed E-state index contributed by atoms with van der Waals surface area (Å²) < 4.78 is 0. The third-order valence-electron chi connectivity index (χ3n) is 6.77. The van der Waals surface area contributed by atoms with Crippen LogP contribution in [-0.2, 0) is 6.54 Å². The Bertz CT molecular complexity index is 872. The van der Waals surface area contributed by atoms with Gasteiger partial charge in [0.1, 0.15) is 0 Å². The molecule has 1 aromatic carbocycles. The second-order valence-electron chi connectivity index (χ2n) is 8.89. The van der Waals surface area contributed by atoms with E-state index in [2.05, 4.69) is 97.5 Å². The molecule has 198 valence electrons. The van der Waals surface area contributed by atoms with Crippen molar-refractivity contribution >= 4 is 0 Å². The molecule has 0 spiro atoms. The van der Waals surface area contributed by atoms with Crippen molar-refractivity contribution < 1.29 is 0 Å². The molecule has 3 rings (SSSR count). The minimum atomic E-state index is 0.468. The van der Waals surface area contributed by atoms with E-state index < -0.39 is 0 Å². The van der Waals surface area contributed by atoms with Crippen molar-refractivity contribution in [1.82, 2.24) is 9.80 Å². The van der Waals surface area contributed by atoms with E-state index in [0.717, 1.165) is 25.9 Å². The first-order chi connectivity index (χ1) is 17.7. The summed E-state index contributed by atoms with van der Waals surface area (Å²) in [5, 5.41) is 0. The molecular formula is C34H52N2. The lowest BCUT2D eigenvalue weighted by Gasteiger charge is -2.42. The molecule has 2 nitrogen and oxygen atoms in total. The van der Waals surface area contributed by atoms with E-state index >= 15 is 0 Å². The van der Waals surface area contributed by atoms with Gasteiger partial charge in [-0.15, -0.1) is 0 Å². The maximum absolute atomic E-state index is 4.00. The Hall–Kier alpha value is -2.58. The Morgan fingerprint density at radius 3 is 2.28 bits per heavy atom. The molecule has 2 unspecified atom stereocenters. The van der Waals surface area contributed by atoms with Crippen LogP contribution in [0.25, 0.3) is 0 Å². The number of hydrogen-bond acceptors (Lipinski definition) is 2. The number of nitrogens with zero attached hydrogens (tertiary/aromatic N) is 2. The quantitative estimate of drug-likeness (QED) is 0.320. The van der Waals surface area contributed by atoms with Gasteiger partial charge in [-0.05, 0) is 74.9 Å². The van der Waals surface area contributed by atoms with Gasteiger partial charge in [0.25, 0.3) is 0 Å². The molecular weight excluding hydrogens is 436 g/mol. The lowest BCUT2D eigenvalue weighted by atomic mass is 9.99. The lowest BCUT2D eigenvalue weighted by Crippen LogP contribution is -2.48.